The Hall–Kier alpha value is -5.50. The molecule has 4 amide bonds. The van der Waals surface area contributed by atoms with E-state index in [-0.39, 0.29) is 19.1 Å². The van der Waals surface area contributed by atoms with Gasteiger partial charge in [0.25, 0.3) is 0 Å². The van der Waals surface area contributed by atoms with Gasteiger partial charge in [0.2, 0.25) is 11.8 Å². The number of amides is 4. The third-order valence-corrected chi connectivity index (χ3v) is 9.60. The molecule has 2 unspecified atom stereocenters. The van der Waals surface area contributed by atoms with E-state index in [0.29, 0.717) is 46.9 Å². The fourth-order valence-electron chi connectivity index (χ4n) is 5.44. The zero-order valence-electron chi connectivity index (χ0n) is 27.6. The van der Waals surface area contributed by atoms with Crippen molar-refractivity contribution in [2.75, 3.05) is 22.1 Å². The lowest BCUT2D eigenvalue weighted by Gasteiger charge is -2.30. The highest BCUT2D eigenvalue weighted by molar-refractivity contribution is 7.85. The largest absolute Gasteiger partial charge is 0.445 e. The van der Waals surface area contributed by atoms with Crippen LogP contribution in [0.2, 0.25) is 0 Å². The minimum atomic E-state index is -0.978. The van der Waals surface area contributed by atoms with Gasteiger partial charge in [0.1, 0.15) is 30.9 Å². The molecule has 1 aliphatic heterocycles. The lowest BCUT2D eigenvalue weighted by Crippen LogP contribution is -2.55. The van der Waals surface area contributed by atoms with Crippen LogP contribution >= 0.6 is 0 Å². The fraction of sp³-hybridized carbons (Fsp3) is 0.306. The second kappa shape index (κ2) is 16.7. The lowest BCUT2D eigenvalue weighted by molar-refractivity contribution is -0.128. The van der Waals surface area contributed by atoms with Gasteiger partial charge < -0.3 is 29.8 Å². The molecule has 3 aromatic carbocycles. The summed E-state index contributed by atoms with van der Waals surface area (Å²) in [5, 5.41) is 11.4. The van der Waals surface area contributed by atoms with Crippen LogP contribution < -0.4 is 26.9 Å². The summed E-state index contributed by atoms with van der Waals surface area (Å²) in [6.07, 6.45) is -0.520. The molecular formula is C36H38N4O9S. The van der Waals surface area contributed by atoms with Crippen molar-refractivity contribution in [1.29, 1.82) is 0 Å². The van der Waals surface area contributed by atoms with E-state index in [2.05, 4.69) is 21.3 Å². The van der Waals surface area contributed by atoms with Crippen molar-refractivity contribution in [1.82, 2.24) is 10.6 Å². The van der Waals surface area contributed by atoms with E-state index in [1.165, 1.54) is 13.0 Å². The Morgan fingerprint density at radius 2 is 1.44 bits per heavy atom. The van der Waals surface area contributed by atoms with Crippen molar-refractivity contribution in [3.05, 3.63) is 106 Å². The Balaban J connectivity index is 1.10. The van der Waals surface area contributed by atoms with Crippen LogP contribution in [0, 0.1) is 12.8 Å². The maximum absolute atomic E-state index is 13.4. The van der Waals surface area contributed by atoms with Gasteiger partial charge >= 0.3 is 17.8 Å². The first kappa shape index (κ1) is 35.8. The number of alkyl carbamates (subject to hydrolysis) is 1. The van der Waals surface area contributed by atoms with Crippen molar-refractivity contribution < 1.29 is 37.3 Å². The summed E-state index contributed by atoms with van der Waals surface area (Å²) in [7, 11) is -0.972. The Kier molecular flexibility index (Phi) is 12.0. The summed E-state index contributed by atoms with van der Waals surface area (Å²) in [6.45, 7) is 3.30. The van der Waals surface area contributed by atoms with Crippen molar-refractivity contribution >= 4 is 57.1 Å². The van der Waals surface area contributed by atoms with Gasteiger partial charge in [-0.15, -0.1) is 0 Å². The number of carbonyl (C=O) groups excluding carboxylic acids is 4. The first-order valence-electron chi connectivity index (χ1n) is 16.0. The van der Waals surface area contributed by atoms with E-state index in [1.54, 1.807) is 49.4 Å². The molecule has 13 nitrogen and oxygen atoms in total. The Bertz CT molecular complexity index is 1920. The van der Waals surface area contributed by atoms with Crippen molar-refractivity contribution in [2.45, 2.75) is 52.0 Å². The van der Waals surface area contributed by atoms with Gasteiger partial charge in [0.15, 0.2) is 0 Å². The zero-order valence-corrected chi connectivity index (χ0v) is 28.4. The number of fused-ring (bicyclic) bond motifs is 1. The smallest absolute Gasteiger partial charge is 0.411 e. The number of aryl methyl sites for hydroxylation is 1. The van der Waals surface area contributed by atoms with E-state index < -0.39 is 52.5 Å². The summed E-state index contributed by atoms with van der Waals surface area (Å²) < 4.78 is 27.8. The summed E-state index contributed by atoms with van der Waals surface area (Å²) in [5.74, 6) is -0.470. The van der Waals surface area contributed by atoms with Gasteiger partial charge in [0.05, 0.1) is 0 Å². The van der Waals surface area contributed by atoms with Gasteiger partial charge in [-0.2, -0.15) is 0 Å². The maximum Gasteiger partial charge on any atom is 0.411 e. The average Bonchev–Trinajstić information content (AvgIpc) is 3.10. The molecule has 1 aliphatic rings. The molecule has 50 heavy (non-hydrogen) atoms. The minimum Gasteiger partial charge on any atom is -0.445 e. The molecule has 0 aliphatic carbocycles. The Labute approximate surface area is 290 Å². The number of hydrogen-bond acceptors (Lipinski definition) is 9. The molecule has 5 rings (SSSR count). The standard InChI is InChI=1S/C36H38N4O9S/c1-22-18-31(41)49-30-19-28(12-13-29(22)30)39-35(44)47-21-25-8-10-27(11-9-25)38-33(42)23(2)37-34(43)32(26-14-16-50(46)17-15-26)40-36(45)48-20-24-6-4-3-5-7-24/h3-13,18-19,23,26,32H,14-17,20-21H2,1-2H3,(H,37,43)(H,38,42)(H,39,44)(H,40,45). The number of hydrogen-bond donors (Lipinski definition) is 4. The molecule has 4 N–H and O–H groups in total. The Morgan fingerprint density at radius 3 is 2.14 bits per heavy atom. The molecule has 0 saturated carbocycles. The summed E-state index contributed by atoms with van der Waals surface area (Å²) in [5.41, 5.74) is 2.92. The number of nitrogens with one attached hydrogen (secondary N) is 4. The van der Waals surface area contributed by atoms with Crippen LogP contribution in [-0.2, 0) is 43.1 Å². The fourth-order valence-corrected chi connectivity index (χ4v) is 6.78. The molecule has 0 radical (unpaired) electrons. The van der Waals surface area contributed by atoms with E-state index in [0.717, 1.165) is 16.5 Å². The quantitative estimate of drug-likeness (QED) is 0.160. The first-order valence-corrected chi connectivity index (χ1v) is 17.5. The van der Waals surface area contributed by atoms with Gasteiger partial charge in [0, 0.05) is 51.2 Å². The van der Waals surface area contributed by atoms with Gasteiger partial charge in [-0.25, -0.2) is 14.4 Å². The van der Waals surface area contributed by atoms with Gasteiger partial charge in [-0.05, 0) is 73.6 Å². The van der Waals surface area contributed by atoms with Crippen LogP contribution in [0.25, 0.3) is 11.0 Å². The van der Waals surface area contributed by atoms with E-state index in [1.807, 2.05) is 30.3 Å². The van der Waals surface area contributed by atoms with Crippen molar-refractivity contribution in [2.24, 2.45) is 5.92 Å². The number of benzene rings is 3. The van der Waals surface area contributed by atoms with Crippen molar-refractivity contribution in [3.63, 3.8) is 0 Å². The predicted octanol–water partition coefficient (Wildman–Crippen LogP) is 4.75. The van der Waals surface area contributed by atoms with Crippen LogP contribution in [0.4, 0.5) is 21.0 Å². The highest BCUT2D eigenvalue weighted by atomic mass is 32.2. The number of carbonyl (C=O) groups is 4. The molecule has 0 bridgehead atoms. The molecule has 1 fully saturated rings. The lowest BCUT2D eigenvalue weighted by atomic mass is 9.92. The van der Waals surface area contributed by atoms with E-state index in [4.69, 9.17) is 13.9 Å². The molecule has 2 atom stereocenters. The van der Waals surface area contributed by atoms with Crippen LogP contribution in [0.15, 0.2) is 88.1 Å². The molecule has 1 aromatic heterocycles. The van der Waals surface area contributed by atoms with Gasteiger partial charge in [-0.1, -0.05) is 42.5 Å². The molecule has 1 saturated heterocycles. The molecule has 14 heteroatoms. The third-order valence-electron chi connectivity index (χ3n) is 8.21. The van der Waals surface area contributed by atoms with Crippen LogP contribution in [0.3, 0.4) is 0 Å². The first-order chi connectivity index (χ1) is 24.0. The zero-order chi connectivity index (χ0) is 35.6. The average molecular weight is 703 g/mol. The molecule has 4 aromatic rings. The topological polar surface area (TPSA) is 182 Å². The van der Waals surface area contributed by atoms with Gasteiger partial charge in [-0.3, -0.25) is 19.1 Å². The molecule has 262 valence electrons. The molecule has 2 heterocycles. The predicted molar refractivity (Wildman–Crippen MR) is 188 cm³/mol. The van der Waals surface area contributed by atoms with Crippen LogP contribution in [0.1, 0.15) is 36.5 Å². The minimum absolute atomic E-state index is 0.0274. The van der Waals surface area contributed by atoms with Crippen molar-refractivity contribution in [3.8, 4) is 0 Å². The monoisotopic (exact) mass is 702 g/mol. The molecular weight excluding hydrogens is 664 g/mol. The Morgan fingerprint density at radius 1 is 0.800 bits per heavy atom. The SMILES string of the molecule is Cc1cc(=O)oc2cc(NC(=O)OCc3ccc(NC(=O)C(C)NC(=O)C(NC(=O)OCc4ccccc4)C4CCS(=O)CC4)cc3)ccc12. The van der Waals surface area contributed by atoms with E-state index in [9.17, 15) is 28.2 Å². The number of rotatable bonds is 11. The molecule has 0 spiro atoms. The summed E-state index contributed by atoms with van der Waals surface area (Å²) in [6, 6.07) is 20.2. The number of anilines is 2. The number of ether oxygens (including phenoxy) is 2. The summed E-state index contributed by atoms with van der Waals surface area (Å²) >= 11 is 0. The maximum atomic E-state index is 13.4. The highest BCUT2D eigenvalue weighted by Gasteiger charge is 2.34. The second-order valence-corrected chi connectivity index (χ2v) is 13.6. The third kappa shape index (κ3) is 10.0. The second-order valence-electron chi connectivity index (χ2n) is 11.9. The highest BCUT2D eigenvalue weighted by Crippen LogP contribution is 2.22. The van der Waals surface area contributed by atoms with Crippen LogP contribution in [0.5, 0.6) is 0 Å². The summed E-state index contributed by atoms with van der Waals surface area (Å²) in [4.78, 5) is 63.1. The normalized spacial score (nSPS) is 16.8. The van der Waals surface area contributed by atoms with Crippen LogP contribution in [-0.4, -0.2) is 51.8 Å². The van der Waals surface area contributed by atoms with E-state index >= 15 is 0 Å².